The highest BCUT2D eigenvalue weighted by Crippen LogP contribution is 2.17. The normalized spacial score (nSPS) is 10.2. The lowest BCUT2D eigenvalue weighted by atomic mass is 10.1. The number of amides is 1. The van der Waals surface area contributed by atoms with Crippen LogP contribution >= 0.6 is 0 Å². The van der Waals surface area contributed by atoms with Crippen molar-refractivity contribution in [2.45, 2.75) is 19.4 Å². The van der Waals surface area contributed by atoms with Gasteiger partial charge in [0.05, 0.1) is 0 Å². The number of phenols is 1. The number of para-hydroxylation sites is 1. The number of hydrogen-bond donors (Lipinski definition) is 2. The molecule has 3 nitrogen and oxygen atoms in total. The first-order valence-corrected chi connectivity index (χ1v) is 6.43. The van der Waals surface area contributed by atoms with Crippen LogP contribution in [0, 0.1) is 5.82 Å². The van der Waals surface area contributed by atoms with E-state index >= 15 is 0 Å². The van der Waals surface area contributed by atoms with Crippen molar-refractivity contribution >= 4 is 5.91 Å². The predicted octanol–water partition coefficient (Wildman–Crippen LogP) is 2.78. The Morgan fingerprint density at radius 1 is 1.10 bits per heavy atom. The molecule has 0 aliphatic carbocycles. The van der Waals surface area contributed by atoms with E-state index in [1.54, 1.807) is 30.3 Å². The molecule has 2 N–H and O–H groups in total. The maximum absolute atomic E-state index is 12.7. The van der Waals surface area contributed by atoms with Gasteiger partial charge in [0.15, 0.2) is 0 Å². The van der Waals surface area contributed by atoms with Crippen LogP contribution in [0.15, 0.2) is 48.5 Å². The first kappa shape index (κ1) is 14.1. The monoisotopic (exact) mass is 273 g/mol. The number of rotatable bonds is 5. The van der Waals surface area contributed by atoms with Gasteiger partial charge in [0.1, 0.15) is 11.6 Å². The second kappa shape index (κ2) is 6.70. The van der Waals surface area contributed by atoms with Crippen molar-refractivity contribution < 1.29 is 14.3 Å². The summed E-state index contributed by atoms with van der Waals surface area (Å²) in [5.74, 6) is -0.184. The zero-order valence-corrected chi connectivity index (χ0v) is 11.0. The Morgan fingerprint density at radius 2 is 1.80 bits per heavy atom. The van der Waals surface area contributed by atoms with Crippen molar-refractivity contribution in [3.8, 4) is 5.75 Å². The topological polar surface area (TPSA) is 49.3 Å². The molecule has 1 amide bonds. The molecule has 0 heterocycles. The van der Waals surface area contributed by atoms with E-state index in [2.05, 4.69) is 5.32 Å². The van der Waals surface area contributed by atoms with Gasteiger partial charge in [-0.25, -0.2) is 4.39 Å². The maximum atomic E-state index is 12.7. The van der Waals surface area contributed by atoms with Gasteiger partial charge in [-0.15, -0.1) is 0 Å². The van der Waals surface area contributed by atoms with Gasteiger partial charge in [-0.3, -0.25) is 4.79 Å². The fraction of sp³-hybridized carbons (Fsp3) is 0.188. The molecule has 4 heteroatoms. The van der Waals surface area contributed by atoms with Gasteiger partial charge in [0.25, 0.3) is 0 Å². The quantitative estimate of drug-likeness (QED) is 0.880. The molecular weight excluding hydrogens is 257 g/mol. The van der Waals surface area contributed by atoms with Crippen molar-refractivity contribution in [3.05, 3.63) is 65.5 Å². The van der Waals surface area contributed by atoms with Crippen LogP contribution in [0.25, 0.3) is 0 Å². The Labute approximate surface area is 117 Å². The Bertz CT molecular complexity index is 581. The minimum Gasteiger partial charge on any atom is -0.508 e. The van der Waals surface area contributed by atoms with Crippen LogP contribution < -0.4 is 5.32 Å². The molecule has 0 atom stereocenters. The van der Waals surface area contributed by atoms with Crippen molar-refractivity contribution in [2.24, 2.45) is 0 Å². The number of phenolic OH excluding ortho intramolecular Hbond substituents is 1. The van der Waals surface area contributed by atoms with Crippen LogP contribution in [0.1, 0.15) is 17.5 Å². The van der Waals surface area contributed by atoms with Crippen LogP contribution in [-0.4, -0.2) is 11.0 Å². The number of carbonyl (C=O) groups is 1. The molecule has 20 heavy (non-hydrogen) atoms. The van der Waals surface area contributed by atoms with E-state index < -0.39 is 0 Å². The molecular formula is C16H16FNO2. The molecule has 0 unspecified atom stereocenters. The highest BCUT2D eigenvalue weighted by Gasteiger charge is 2.05. The summed E-state index contributed by atoms with van der Waals surface area (Å²) in [5, 5.41) is 12.4. The number of aryl methyl sites for hydroxylation is 1. The third-order valence-electron chi connectivity index (χ3n) is 3.02. The van der Waals surface area contributed by atoms with E-state index in [-0.39, 0.29) is 17.5 Å². The first-order valence-electron chi connectivity index (χ1n) is 6.43. The smallest absolute Gasteiger partial charge is 0.220 e. The number of carbonyl (C=O) groups excluding carboxylic acids is 1. The molecule has 0 saturated carbocycles. The van der Waals surface area contributed by atoms with Gasteiger partial charge in [-0.2, -0.15) is 0 Å². The fourth-order valence-corrected chi connectivity index (χ4v) is 1.86. The molecule has 0 radical (unpaired) electrons. The molecule has 0 bridgehead atoms. The fourth-order valence-electron chi connectivity index (χ4n) is 1.86. The summed E-state index contributed by atoms with van der Waals surface area (Å²) in [6.07, 6.45) is 0.792. The third-order valence-corrected chi connectivity index (χ3v) is 3.02. The lowest BCUT2D eigenvalue weighted by Gasteiger charge is -2.06. The largest absolute Gasteiger partial charge is 0.508 e. The van der Waals surface area contributed by atoms with Gasteiger partial charge < -0.3 is 10.4 Å². The second-order valence-corrected chi connectivity index (χ2v) is 4.53. The molecule has 0 spiro atoms. The zero-order valence-electron chi connectivity index (χ0n) is 11.0. The van der Waals surface area contributed by atoms with Gasteiger partial charge in [0.2, 0.25) is 5.91 Å². The summed E-state index contributed by atoms with van der Waals surface area (Å²) in [6.45, 7) is 0.375. The van der Waals surface area contributed by atoms with E-state index in [4.69, 9.17) is 0 Å². The Morgan fingerprint density at radius 3 is 2.50 bits per heavy atom. The van der Waals surface area contributed by atoms with Crippen LogP contribution in [-0.2, 0) is 17.8 Å². The minimum atomic E-state index is -0.292. The van der Waals surface area contributed by atoms with Gasteiger partial charge >= 0.3 is 0 Å². The van der Waals surface area contributed by atoms with Gasteiger partial charge in [0, 0.05) is 13.0 Å². The van der Waals surface area contributed by atoms with Crippen molar-refractivity contribution in [3.63, 3.8) is 0 Å². The van der Waals surface area contributed by atoms with Crippen LogP contribution in [0.3, 0.4) is 0 Å². The lowest BCUT2D eigenvalue weighted by Crippen LogP contribution is -2.22. The highest BCUT2D eigenvalue weighted by molar-refractivity contribution is 5.76. The van der Waals surface area contributed by atoms with Crippen molar-refractivity contribution in [1.82, 2.24) is 5.32 Å². The van der Waals surface area contributed by atoms with Crippen LogP contribution in [0.4, 0.5) is 4.39 Å². The molecule has 2 aromatic rings. The molecule has 2 rings (SSSR count). The SMILES string of the molecule is O=C(CCc1ccccc1O)NCc1ccc(F)cc1. The summed E-state index contributed by atoms with van der Waals surface area (Å²) in [6, 6.07) is 13.0. The van der Waals surface area contributed by atoms with E-state index in [0.29, 0.717) is 19.4 Å². The molecule has 0 aliphatic rings. The Balaban J connectivity index is 1.78. The standard InChI is InChI=1S/C16H16FNO2/c17-14-8-5-12(6-9-14)11-18-16(20)10-7-13-3-1-2-4-15(13)19/h1-6,8-9,19H,7,10-11H2,(H,18,20). The zero-order chi connectivity index (χ0) is 14.4. The first-order chi connectivity index (χ1) is 9.65. The van der Waals surface area contributed by atoms with Crippen molar-refractivity contribution in [2.75, 3.05) is 0 Å². The molecule has 0 saturated heterocycles. The van der Waals surface area contributed by atoms with E-state index in [1.165, 1.54) is 12.1 Å². The van der Waals surface area contributed by atoms with E-state index in [0.717, 1.165) is 11.1 Å². The van der Waals surface area contributed by atoms with E-state index in [9.17, 15) is 14.3 Å². The average molecular weight is 273 g/mol. The number of benzene rings is 2. The summed E-state index contributed by atoms with van der Waals surface area (Å²) in [7, 11) is 0. The third kappa shape index (κ3) is 4.09. The molecule has 104 valence electrons. The number of hydrogen-bond acceptors (Lipinski definition) is 2. The van der Waals surface area contributed by atoms with Crippen molar-refractivity contribution in [1.29, 1.82) is 0 Å². The second-order valence-electron chi connectivity index (χ2n) is 4.53. The number of aromatic hydroxyl groups is 1. The summed E-state index contributed by atoms with van der Waals surface area (Å²) in [4.78, 5) is 11.7. The minimum absolute atomic E-state index is 0.0995. The summed E-state index contributed by atoms with van der Waals surface area (Å²) < 4.78 is 12.7. The van der Waals surface area contributed by atoms with Gasteiger partial charge in [-0.1, -0.05) is 30.3 Å². The van der Waals surface area contributed by atoms with E-state index in [1.807, 2.05) is 6.07 Å². The molecule has 0 fully saturated rings. The summed E-state index contributed by atoms with van der Waals surface area (Å²) in [5.41, 5.74) is 1.60. The number of nitrogens with one attached hydrogen (secondary N) is 1. The molecule has 0 aliphatic heterocycles. The lowest BCUT2D eigenvalue weighted by molar-refractivity contribution is -0.121. The van der Waals surface area contributed by atoms with Crippen LogP contribution in [0.2, 0.25) is 0 Å². The average Bonchev–Trinajstić information content (AvgIpc) is 2.46. The Hall–Kier alpha value is -2.36. The number of halogens is 1. The molecule has 2 aromatic carbocycles. The predicted molar refractivity (Wildman–Crippen MR) is 74.7 cm³/mol. The van der Waals surface area contributed by atoms with Crippen LogP contribution in [0.5, 0.6) is 5.75 Å². The molecule has 0 aromatic heterocycles. The van der Waals surface area contributed by atoms with Gasteiger partial charge in [-0.05, 0) is 35.7 Å². The highest BCUT2D eigenvalue weighted by atomic mass is 19.1. The Kier molecular flexibility index (Phi) is 4.71. The maximum Gasteiger partial charge on any atom is 0.220 e. The summed E-state index contributed by atoms with van der Waals surface area (Å²) >= 11 is 0.